The Bertz CT molecular complexity index is 1220. The highest BCUT2D eigenvalue weighted by atomic mass is 35.5. The predicted octanol–water partition coefficient (Wildman–Crippen LogP) is 2.59. The molecular formula is C19H20ClN5O2. The number of fused-ring (bicyclic) bond motifs is 3. The summed E-state index contributed by atoms with van der Waals surface area (Å²) in [6.45, 7) is 9.04. The van der Waals surface area contributed by atoms with Crippen molar-refractivity contribution in [1.82, 2.24) is 18.7 Å². The second kappa shape index (κ2) is 6.13. The highest BCUT2D eigenvalue weighted by molar-refractivity contribution is 6.31. The van der Waals surface area contributed by atoms with E-state index < -0.39 is 5.69 Å². The molecule has 0 fully saturated rings. The van der Waals surface area contributed by atoms with Crippen LogP contribution in [-0.4, -0.2) is 25.2 Å². The number of hydrogen-bond acceptors (Lipinski definition) is 4. The van der Waals surface area contributed by atoms with Gasteiger partial charge in [-0.05, 0) is 31.5 Å². The molecule has 0 spiro atoms. The number of anilines is 2. The molecule has 0 atom stereocenters. The standard InChI is InChI=1S/C19H20ClN5O2/c1-11(2)10-25-17(26)15-16(22(4)19(25)27)21-18-23(7-8-24(15)18)13-6-5-12(3)14(20)9-13/h5-6,9H,1,7-8,10H2,2-4H3. The fourth-order valence-electron chi connectivity index (χ4n) is 3.48. The summed E-state index contributed by atoms with van der Waals surface area (Å²) in [5.74, 6) is 0.644. The first kappa shape index (κ1) is 17.6. The molecule has 3 heterocycles. The lowest BCUT2D eigenvalue weighted by atomic mass is 10.2. The number of imidazole rings is 1. The lowest BCUT2D eigenvalue weighted by molar-refractivity contribution is 0.647. The monoisotopic (exact) mass is 385 g/mol. The maximum atomic E-state index is 13.0. The number of allylic oxidation sites excluding steroid dienone is 1. The van der Waals surface area contributed by atoms with Crippen LogP contribution in [0.3, 0.4) is 0 Å². The van der Waals surface area contributed by atoms with Crippen LogP contribution in [0.25, 0.3) is 11.2 Å². The van der Waals surface area contributed by atoms with Gasteiger partial charge in [0.1, 0.15) is 0 Å². The molecule has 0 amide bonds. The number of benzene rings is 1. The van der Waals surface area contributed by atoms with Crippen LogP contribution in [0, 0.1) is 6.92 Å². The number of nitrogens with zero attached hydrogens (tertiary/aromatic N) is 5. The van der Waals surface area contributed by atoms with E-state index in [1.165, 1.54) is 9.13 Å². The quantitative estimate of drug-likeness (QED) is 0.650. The van der Waals surface area contributed by atoms with Crippen LogP contribution in [0.1, 0.15) is 12.5 Å². The summed E-state index contributed by atoms with van der Waals surface area (Å²) in [5, 5.41) is 0.679. The van der Waals surface area contributed by atoms with Crippen molar-refractivity contribution in [1.29, 1.82) is 0 Å². The maximum absolute atomic E-state index is 13.0. The van der Waals surface area contributed by atoms with E-state index in [4.69, 9.17) is 11.6 Å². The van der Waals surface area contributed by atoms with Crippen molar-refractivity contribution in [2.75, 3.05) is 11.4 Å². The first-order valence-corrected chi connectivity index (χ1v) is 9.05. The average Bonchev–Trinajstić information content (AvgIpc) is 3.18. The van der Waals surface area contributed by atoms with Crippen molar-refractivity contribution < 1.29 is 0 Å². The molecule has 140 valence electrons. The summed E-state index contributed by atoms with van der Waals surface area (Å²) in [6.07, 6.45) is 0. The molecule has 0 N–H and O–H groups in total. The maximum Gasteiger partial charge on any atom is 0.332 e. The van der Waals surface area contributed by atoms with Gasteiger partial charge < -0.3 is 9.47 Å². The van der Waals surface area contributed by atoms with Crippen molar-refractivity contribution in [3.05, 3.63) is 61.8 Å². The smallest absolute Gasteiger partial charge is 0.310 e. The van der Waals surface area contributed by atoms with Gasteiger partial charge in [-0.1, -0.05) is 29.8 Å². The molecule has 0 unspecified atom stereocenters. The Morgan fingerprint density at radius 1 is 1.30 bits per heavy atom. The summed E-state index contributed by atoms with van der Waals surface area (Å²) in [5.41, 5.74) is 2.75. The SMILES string of the molecule is C=C(C)Cn1c(=O)c2c(nc3n2CCN3c2ccc(C)c(Cl)c2)n(C)c1=O. The number of aromatic nitrogens is 4. The minimum absolute atomic E-state index is 0.194. The van der Waals surface area contributed by atoms with Gasteiger partial charge in [0.25, 0.3) is 5.56 Å². The van der Waals surface area contributed by atoms with E-state index in [9.17, 15) is 9.59 Å². The Labute approximate surface area is 160 Å². The van der Waals surface area contributed by atoms with Crippen molar-refractivity contribution in [3.63, 3.8) is 0 Å². The molecule has 1 aliphatic heterocycles. The zero-order valence-electron chi connectivity index (χ0n) is 15.5. The van der Waals surface area contributed by atoms with Crippen molar-refractivity contribution in [3.8, 4) is 0 Å². The molecule has 0 radical (unpaired) electrons. The fraction of sp³-hybridized carbons (Fsp3) is 0.316. The van der Waals surface area contributed by atoms with Crippen molar-refractivity contribution >= 4 is 34.4 Å². The second-order valence-electron chi connectivity index (χ2n) is 7.01. The number of aryl methyl sites for hydroxylation is 2. The van der Waals surface area contributed by atoms with E-state index in [0.717, 1.165) is 16.8 Å². The summed E-state index contributed by atoms with van der Waals surface area (Å²) in [4.78, 5) is 32.2. The Morgan fingerprint density at radius 3 is 2.70 bits per heavy atom. The molecule has 4 rings (SSSR count). The first-order chi connectivity index (χ1) is 12.8. The van der Waals surface area contributed by atoms with E-state index >= 15 is 0 Å². The minimum Gasteiger partial charge on any atom is -0.310 e. The largest absolute Gasteiger partial charge is 0.332 e. The van der Waals surface area contributed by atoms with Crippen LogP contribution in [0.5, 0.6) is 0 Å². The van der Waals surface area contributed by atoms with Crippen LogP contribution >= 0.6 is 11.6 Å². The topological polar surface area (TPSA) is 65.1 Å². The number of rotatable bonds is 3. The highest BCUT2D eigenvalue weighted by Gasteiger charge is 2.28. The molecule has 1 aliphatic rings. The molecule has 3 aromatic rings. The zero-order valence-corrected chi connectivity index (χ0v) is 16.2. The molecule has 0 aliphatic carbocycles. The molecule has 7 nitrogen and oxygen atoms in total. The van der Waals surface area contributed by atoms with E-state index in [2.05, 4.69) is 11.6 Å². The lowest BCUT2D eigenvalue weighted by Crippen LogP contribution is -2.39. The molecule has 1 aromatic carbocycles. The van der Waals surface area contributed by atoms with Crippen molar-refractivity contribution in [2.24, 2.45) is 7.05 Å². The van der Waals surface area contributed by atoms with E-state index in [-0.39, 0.29) is 12.1 Å². The molecule has 8 heteroatoms. The van der Waals surface area contributed by atoms with Gasteiger partial charge in [0.15, 0.2) is 11.2 Å². The molecule has 2 aromatic heterocycles. The summed E-state index contributed by atoms with van der Waals surface area (Å²) < 4.78 is 4.51. The van der Waals surface area contributed by atoms with Gasteiger partial charge in [-0.2, -0.15) is 4.98 Å². The third-order valence-electron chi connectivity index (χ3n) is 4.90. The van der Waals surface area contributed by atoms with Gasteiger partial charge in [0.2, 0.25) is 5.95 Å². The summed E-state index contributed by atoms with van der Waals surface area (Å²) >= 11 is 6.28. The molecule has 0 saturated heterocycles. The second-order valence-corrected chi connectivity index (χ2v) is 7.42. The number of halogens is 1. The Balaban J connectivity index is 1.95. The van der Waals surface area contributed by atoms with Crippen LogP contribution < -0.4 is 16.1 Å². The first-order valence-electron chi connectivity index (χ1n) is 8.67. The van der Waals surface area contributed by atoms with Gasteiger partial charge in [-0.3, -0.25) is 13.9 Å². The summed E-state index contributed by atoms with van der Waals surface area (Å²) in [7, 11) is 1.63. The molecule has 27 heavy (non-hydrogen) atoms. The van der Waals surface area contributed by atoms with Crippen LogP contribution in [0.15, 0.2) is 39.9 Å². The average molecular weight is 386 g/mol. The highest BCUT2D eigenvalue weighted by Crippen LogP contribution is 2.33. The predicted molar refractivity (Wildman–Crippen MR) is 107 cm³/mol. The van der Waals surface area contributed by atoms with Crippen LogP contribution in [-0.2, 0) is 20.1 Å². The zero-order chi connectivity index (χ0) is 19.5. The normalized spacial score (nSPS) is 13.4. The van der Waals surface area contributed by atoms with E-state index in [1.54, 1.807) is 14.0 Å². The van der Waals surface area contributed by atoms with E-state index in [1.807, 2.05) is 34.6 Å². The summed E-state index contributed by atoms with van der Waals surface area (Å²) in [6, 6.07) is 5.83. The van der Waals surface area contributed by atoms with Crippen molar-refractivity contribution in [2.45, 2.75) is 26.9 Å². The molecule has 0 bridgehead atoms. The van der Waals surface area contributed by atoms with Gasteiger partial charge in [0, 0.05) is 30.8 Å². The molecule has 0 saturated carbocycles. The lowest BCUT2D eigenvalue weighted by Gasteiger charge is -2.16. The Hall–Kier alpha value is -2.80. The van der Waals surface area contributed by atoms with Crippen LogP contribution in [0.4, 0.5) is 11.6 Å². The number of hydrogen-bond donors (Lipinski definition) is 0. The van der Waals surface area contributed by atoms with Gasteiger partial charge in [0.05, 0.1) is 6.54 Å². The third kappa shape index (κ3) is 2.61. The minimum atomic E-state index is -0.391. The third-order valence-corrected chi connectivity index (χ3v) is 5.30. The van der Waals surface area contributed by atoms with Crippen LogP contribution in [0.2, 0.25) is 5.02 Å². The Morgan fingerprint density at radius 2 is 2.04 bits per heavy atom. The van der Waals surface area contributed by atoms with Gasteiger partial charge in [-0.15, -0.1) is 0 Å². The van der Waals surface area contributed by atoms with E-state index in [0.29, 0.717) is 35.2 Å². The fourth-order valence-corrected chi connectivity index (χ4v) is 3.66. The molecular weight excluding hydrogens is 366 g/mol. The van der Waals surface area contributed by atoms with Gasteiger partial charge >= 0.3 is 5.69 Å². The Kier molecular flexibility index (Phi) is 3.99. The van der Waals surface area contributed by atoms with Gasteiger partial charge in [-0.25, -0.2) is 4.79 Å².